The molecule has 6 nitrogen and oxygen atoms in total. The Bertz CT molecular complexity index is 977. The zero-order valence-electron chi connectivity index (χ0n) is 14.4. The minimum absolute atomic E-state index is 0.0247. The number of ether oxygens (including phenoxy) is 1. The number of hydrogen-bond acceptors (Lipinski definition) is 4. The van der Waals surface area contributed by atoms with Gasteiger partial charge in [0.25, 0.3) is 5.91 Å². The molecule has 0 atom stereocenters. The van der Waals surface area contributed by atoms with Gasteiger partial charge in [-0.2, -0.15) is 0 Å². The summed E-state index contributed by atoms with van der Waals surface area (Å²) in [7, 11) is 1.56. The van der Waals surface area contributed by atoms with Crippen LogP contribution in [-0.4, -0.2) is 24.0 Å². The SMILES string of the molecule is COc1cc(NC(=O)NC(=O)c2cccnc2Cl)ccc1-c1ccccc1. The number of pyridine rings is 1. The van der Waals surface area contributed by atoms with Gasteiger partial charge in [0.15, 0.2) is 0 Å². The first-order chi connectivity index (χ1) is 13.1. The second-order valence-electron chi connectivity index (χ2n) is 5.53. The van der Waals surface area contributed by atoms with Crippen LogP contribution in [0.5, 0.6) is 5.75 Å². The van der Waals surface area contributed by atoms with Gasteiger partial charge in [-0.25, -0.2) is 9.78 Å². The molecule has 0 spiro atoms. The molecule has 1 heterocycles. The number of hydrogen-bond donors (Lipinski definition) is 2. The second-order valence-corrected chi connectivity index (χ2v) is 5.89. The summed E-state index contributed by atoms with van der Waals surface area (Å²) in [6.45, 7) is 0. The number of anilines is 1. The maximum atomic E-state index is 12.1. The van der Waals surface area contributed by atoms with Crippen molar-refractivity contribution in [1.29, 1.82) is 0 Å². The predicted molar refractivity (Wildman–Crippen MR) is 104 cm³/mol. The number of methoxy groups -OCH3 is 1. The van der Waals surface area contributed by atoms with Crippen molar-refractivity contribution in [3.63, 3.8) is 0 Å². The molecule has 0 bridgehead atoms. The van der Waals surface area contributed by atoms with E-state index in [1.807, 2.05) is 36.4 Å². The van der Waals surface area contributed by atoms with E-state index in [4.69, 9.17) is 16.3 Å². The Kier molecular flexibility index (Phi) is 5.68. The summed E-state index contributed by atoms with van der Waals surface area (Å²) in [5.74, 6) is -0.0425. The lowest BCUT2D eigenvalue weighted by molar-refractivity contribution is 0.0967. The van der Waals surface area contributed by atoms with Gasteiger partial charge in [-0.05, 0) is 29.8 Å². The van der Waals surface area contributed by atoms with Crippen LogP contribution < -0.4 is 15.4 Å². The first kappa shape index (κ1) is 18.4. The molecule has 0 aliphatic carbocycles. The molecular formula is C20H16ClN3O3. The number of carbonyl (C=O) groups is 2. The summed E-state index contributed by atoms with van der Waals surface area (Å²) in [6.07, 6.45) is 1.46. The molecule has 0 aliphatic heterocycles. The van der Waals surface area contributed by atoms with Crippen LogP contribution in [0.4, 0.5) is 10.5 Å². The highest BCUT2D eigenvalue weighted by Gasteiger charge is 2.15. The summed E-state index contributed by atoms with van der Waals surface area (Å²) < 4.78 is 5.42. The van der Waals surface area contributed by atoms with Crippen LogP contribution in [0, 0.1) is 0 Å². The van der Waals surface area contributed by atoms with Crippen molar-refractivity contribution in [3.8, 4) is 16.9 Å². The molecule has 7 heteroatoms. The topological polar surface area (TPSA) is 80.3 Å². The number of nitrogens with zero attached hydrogens (tertiary/aromatic N) is 1. The number of rotatable bonds is 4. The van der Waals surface area contributed by atoms with Gasteiger partial charge in [0, 0.05) is 23.5 Å². The Morgan fingerprint density at radius 1 is 1.04 bits per heavy atom. The van der Waals surface area contributed by atoms with E-state index in [0.717, 1.165) is 11.1 Å². The fourth-order valence-corrected chi connectivity index (χ4v) is 2.72. The van der Waals surface area contributed by atoms with Gasteiger partial charge in [-0.15, -0.1) is 0 Å². The first-order valence-electron chi connectivity index (χ1n) is 8.05. The Hall–Kier alpha value is -3.38. The number of benzene rings is 2. The number of carbonyl (C=O) groups excluding carboxylic acids is 2. The molecule has 3 rings (SSSR count). The number of halogens is 1. The molecule has 0 saturated carbocycles. The fraction of sp³-hybridized carbons (Fsp3) is 0.0500. The smallest absolute Gasteiger partial charge is 0.326 e. The summed E-state index contributed by atoms with van der Waals surface area (Å²) in [5, 5.41) is 4.84. The van der Waals surface area contributed by atoms with E-state index in [9.17, 15) is 9.59 Å². The fourth-order valence-electron chi connectivity index (χ4n) is 2.51. The van der Waals surface area contributed by atoms with Crippen LogP contribution in [0.1, 0.15) is 10.4 Å². The molecular weight excluding hydrogens is 366 g/mol. The van der Waals surface area contributed by atoms with Crippen molar-refractivity contribution in [2.75, 3.05) is 12.4 Å². The summed E-state index contributed by atoms with van der Waals surface area (Å²) in [4.78, 5) is 28.0. The molecule has 3 aromatic rings. The normalized spacial score (nSPS) is 10.1. The van der Waals surface area contributed by atoms with E-state index in [2.05, 4.69) is 15.6 Å². The number of nitrogens with one attached hydrogen (secondary N) is 2. The van der Waals surface area contributed by atoms with Gasteiger partial charge in [0.05, 0.1) is 12.7 Å². The van der Waals surface area contributed by atoms with E-state index in [0.29, 0.717) is 11.4 Å². The van der Waals surface area contributed by atoms with E-state index in [1.165, 1.54) is 12.3 Å². The third-order valence-corrected chi connectivity index (χ3v) is 4.08. The van der Waals surface area contributed by atoms with Gasteiger partial charge < -0.3 is 10.1 Å². The lowest BCUT2D eigenvalue weighted by Crippen LogP contribution is -2.34. The summed E-state index contributed by atoms with van der Waals surface area (Å²) >= 11 is 5.86. The van der Waals surface area contributed by atoms with Gasteiger partial charge in [-0.3, -0.25) is 10.1 Å². The second kappa shape index (κ2) is 8.33. The van der Waals surface area contributed by atoms with Crippen molar-refractivity contribution in [2.45, 2.75) is 0 Å². The maximum Gasteiger partial charge on any atom is 0.326 e. The Morgan fingerprint density at radius 3 is 2.52 bits per heavy atom. The molecule has 0 unspecified atom stereocenters. The van der Waals surface area contributed by atoms with Crippen LogP contribution in [-0.2, 0) is 0 Å². The highest BCUT2D eigenvalue weighted by molar-refractivity contribution is 6.33. The molecule has 0 fully saturated rings. The number of aromatic nitrogens is 1. The molecule has 0 aliphatic rings. The monoisotopic (exact) mass is 381 g/mol. The van der Waals surface area contributed by atoms with Crippen molar-refractivity contribution in [3.05, 3.63) is 77.6 Å². The number of amides is 3. The van der Waals surface area contributed by atoms with E-state index < -0.39 is 11.9 Å². The molecule has 2 aromatic carbocycles. The van der Waals surface area contributed by atoms with Crippen molar-refractivity contribution < 1.29 is 14.3 Å². The minimum Gasteiger partial charge on any atom is -0.496 e. The van der Waals surface area contributed by atoms with E-state index in [-0.39, 0.29) is 10.7 Å². The van der Waals surface area contributed by atoms with Crippen LogP contribution >= 0.6 is 11.6 Å². The highest BCUT2D eigenvalue weighted by Crippen LogP contribution is 2.32. The van der Waals surface area contributed by atoms with Crippen molar-refractivity contribution in [2.24, 2.45) is 0 Å². The van der Waals surface area contributed by atoms with Gasteiger partial charge in [0.1, 0.15) is 10.9 Å². The maximum absolute atomic E-state index is 12.1. The van der Waals surface area contributed by atoms with Gasteiger partial charge in [0.2, 0.25) is 0 Å². The summed E-state index contributed by atoms with van der Waals surface area (Å²) in [5.41, 5.74) is 2.48. The van der Waals surface area contributed by atoms with Crippen molar-refractivity contribution >= 4 is 29.2 Å². The average molecular weight is 382 g/mol. The first-order valence-corrected chi connectivity index (χ1v) is 8.42. The van der Waals surface area contributed by atoms with E-state index >= 15 is 0 Å². The summed E-state index contributed by atoms with van der Waals surface area (Å²) in [6, 6.07) is 17.3. The zero-order valence-corrected chi connectivity index (χ0v) is 15.2. The van der Waals surface area contributed by atoms with Gasteiger partial charge in [-0.1, -0.05) is 41.9 Å². The molecule has 2 N–H and O–H groups in total. The largest absolute Gasteiger partial charge is 0.496 e. The Balaban J connectivity index is 1.73. The third kappa shape index (κ3) is 4.43. The third-order valence-electron chi connectivity index (χ3n) is 3.77. The lowest BCUT2D eigenvalue weighted by atomic mass is 10.0. The van der Waals surface area contributed by atoms with Crippen molar-refractivity contribution in [1.82, 2.24) is 10.3 Å². The van der Waals surface area contributed by atoms with Crippen LogP contribution in [0.3, 0.4) is 0 Å². The zero-order chi connectivity index (χ0) is 19.2. The predicted octanol–water partition coefficient (Wildman–Crippen LogP) is 4.37. The Labute approximate surface area is 161 Å². The lowest BCUT2D eigenvalue weighted by Gasteiger charge is -2.12. The average Bonchev–Trinajstić information content (AvgIpc) is 2.68. The van der Waals surface area contributed by atoms with E-state index in [1.54, 1.807) is 25.3 Å². The molecule has 0 saturated heterocycles. The van der Waals surface area contributed by atoms with Crippen LogP contribution in [0.15, 0.2) is 66.9 Å². The highest BCUT2D eigenvalue weighted by atomic mass is 35.5. The molecule has 3 amide bonds. The number of urea groups is 1. The Morgan fingerprint density at radius 2 is 1.81 bits per heavy atom. The van der Waals surface area contributed by atoms with Crippen LogP contribution in [0.2, 0.25) is 5.15 Å². The van der Waals surface area contributed by atoms with Gasteiger partial charge >= 0.3 is 6.03 Å². The molecule has 27 heavy (non-hydrogen) atoms. The molecule has 136 valence electrons. The minimum atomic E-state index is -0.686. The van der Waals surface area contributed by atoms with Crippen LogP contribution in [0.25, 0.3) is 11.1 Å². The molecule has 0 radical (unpaired) electrons. The molecule has 1 aromatic heterocycles. The standard InChI is InChI=1S/C20H16ClN3O3/c1-27-17-12-14(9-10-15(17)13-6-3-2-4-7-13)23-20(26)24-19(25)16-8-5-11-22-18(16)21/h2-12H,1H3,(H2,23,24,25,26). The quantitative estimate of drug-likeness (QED) is 0.657. The number of imide groups is 1.